The van der Waals surface area contributed by atoms with Gasteiger partial charge in [-0.1, -0.05) is 64.1 Å². The van der Waals surface area contributed by atoms with Crippen LogP contribution in [0.5, 0.6) is 0 Å². The van der Waals surface area contributed by atoms with Crippen molar-refractivity contribution in [2.45, 2.75) is 65.5 Å². The van der Waals surface area contributed by atoms with Gasteiger partial charge in [-0.3, -0.25) is 0 Å². The molecule has 3 nitrogen and oxygen atoms in total. The van der Waals surface area contributed by atoms with Crippen molar-refractivity contribution in [2.24, 2.45) is 5.92 Å². The van der Waals surface area contributed by atoms with E-state index < -0.39 is 14.4 Å². The summed E-state index contributed by atoms with van der Waals surface area (Å²) >= 11 is 0. The standard InChI is InChI=1S/C21H36O3Si/c1-17(14-24-25(6,7)21(3,4)5)13-18(2)20(22)16-23-15-19-11-9-8-10-12-19/h8-13,17,20,22H,14-16H2,1-7H3/b18-13+/t17-,20+/m1/s1. The number of rotatable bonds is 9. The summed E-state index contributed by atoms with van der Waals surface area (Å²) in [5.41, 5.74) is 2.06. The Bertz CT molecular complexity index is 532. The zero-order valence-corrected chi connectivity index (χ0v) is 18.0. The molecule has 25 heavy (non-hydrogen) atoms. The largest absolute Gasteiger partial charge is 0.416 e. The van der Waals surface area contributed by atoms with Gasteiger partial charge in [0.15, 0.2) is 8.32 Å². The molecule has 0 heterocycles. The summed E-state index contributed by atoms with van der Waals surface area (Å²) in [5.74, 6) is 0.276. The minimum Gasteiger partial charge on any atom is -0.416 e. The molecule has 1 aromatic carbocycles. The fraction of sp³-hybridized carbons (Fsp3) is 0.619. The third-order valence-electron chi connectivity index (χ3n) is 4.97. The number of aliphatic hydroxyl groups excluding tert-OH is 1. The van der Waals surface area contributed by atoms with Crippen molar-refractivity contribution in [1.82, 2.24) is 0 Å². The highest BCUT2D eigenvalue weighted by atomic mass is 28.4. The lowest BCUT2D eigenvalue weighted by Crippen LogP contribution is -2.41. The molecule has 0 aromatic heterocycles. The quantitative estimate of drug-likeness (QED) is 0.485. The number of hydrogen-bond acceptors (Lipinski definition) is 3. The second kappa shape index (κ2) is 9.67. The third-order valence-corrected chi connectivity index (χ3v) is 9.47. The van der Waals surface area contributed by atoms with E-state index >= 15 is 0 Å². The molecule has 0 unspecified atom stereocenters. The molecule has 4 heteroatoms. The van der Waals surface area contributed by atoms with Crippen molar-refractivity contribution in [3.8, 4) is 0 Å². The van der Waals surface area contributed by atoms with Crippen molar-refractivity contribution in [3.05, 3.63) is 47.5 Å². The molecular formula is C21H36O3Si. The first-order chi connectivity index (χ1) is 11.5. The third kappa shape index (κ3) is 7.86. The highest BCUT2D eigenvalue weighted by molar-refractivity contribution is 6.74. The van der Waals surface area contributed by atoms with Gasteiger partial charge in [0, 0.05) is 6.61 Å². The molecule has 0 aliphatic rings. The number of aliphatic hydroxyl groups is 1. The average molecular weight is 365 g/mol. The molecule has 1 rings (SSSR count). The molecule has 0 bridgehead atoms. The molecule has 0 radical (unpaired) electrons. The fourth-order valence-electron chi connectivity index (χ4n) is 2.16. The van der Waals surface area contributed by atoms with E-state index in [-0.39, 0.29) is 11.0 Å². The minimum absolute atomic E-state index is 0.219. The van der Waals surface area contributed by atoms with Crippen LogP contribution >= 0.6 is 0 Å². The predicted octanol–water partition coefficient (Wildman–Crippen LogP) is 5.17. The van der Waals surface area contributed by atoms with E-state index in [1.54, 1.807) is 0 Å². The molecule has 0 spiro atoms. The highest BCUT2D eigenvalue weighted by Crippen LogP contribution is 2.36. The lowest BCUT2D eigenvalue weighted by Gasteiger charge is -2.36. The fourth-order valence-corrected chi connectivity index (χ4v) is 3.27. The van der Waals surface area contributed by atoms with Crippen LogP contribution in [0.2, 0.25) is 18.1 Å². The number of ether oxygens (including phenoxy) is 1. The van der Waals surface area contributed by atoms with Crippen molar-refractivity contribution >= 4 is 8.32 Å². The molecule has 0 aliphatic carbocycles. The van der Waals surface area contributed by atoms with Crippen molar-refractivity contribution in [1.29, 1.82) is 0 Å². The summed E-state index contributed by atoms with van der Waals surface area (Å²) in [6.45, 7) is 16.9. The number of benzene rings is 1. The van der Waals surface area contributed by atoms with E-state index in [9.17, 15) is 5.11 Å². The Morgan fingerprint density at radius 1 is 1.16 bits per heavy atom. The van der Waals surface area contributed by atoms with Gasteiger partial charge in [0.25, 0.3) is 0 Å². The van der Waals surface area contributed by atoms with E-state index in [0.29, 0.717) is 19.8 Å². The van der Waals surface area contributed by atoms with Gasteiger partial charge >= 0.3 is 0 Å². The van der Waals surface area contributed by atoms with Crippen LogP contribution in [0.25, 0.3) is 0 Å². The average Bonchev–Trinajstić information content (AvgIpc) is 2.53. The van der Waals surface area contributed by atoms with Crippen LogP contribution in [0.1, 0.15) is 40.2 Å². The summed E-state index contributed by atoms with van der Waals surface area (Å²) in [4.78, 5) is 0. The summed E-state index contributed by atoms with van der Waals surface area (Å²) in [7, 11) is -1.72. The van der Waals surface area contributed by atoms with Crippen molar-refractivity contribution < 1.29 is 14.3 Å². The first-order valence-corrected chi connectivity index (χ1v) is 12.1. The first-order valence-electron chi connectivity index (χ1n) is 9.15. The Morgan fingerprint density at radius 3 is 2.32 bits per heavy atom. The predicted molar refractivity (Wildman–Crippen MR) is 108 cm³/mol. The van der Waals surface area contributed by atoms with Crippen LogP contribution in [0.4, 0.5) is 0 Å². The van der Waals surface area contributed by atoms with Crippen LogP contribution in [0.15, 0.2) is 42.0 Å². The second-order valence-corrected chi connectivity index (χ2v) is 13.3. The maximum Gasteiger partial charge on any atom is 0.192 e. The summed E-state index contributed by atoms with van der Waals surface area (Å²) in [6.07, 6.45) is 1.53. The van der Waals surface area contributed by atoms with Crippen LogP contribution in [0.3, 0.4) is 0 Å². The lowest BCUT2D eigenvalue weighted by molar-refractivity contribution is 0.0450. The topological polar surface area (TPSA) is 38.7 Å². The van der Waals surface area contributed by atoms with Crippen LogP contribution in [0, 0.1) is 5.92 Å². The molecular weight excluding hydrogens is 328 g/mol. The molecule has 1 aromatic rings. The Balaban J connectivity index is 2.42. The molecule has 0 fully saturated rings. The smallest absolute Gasteiger partial charge is 0.192 e. The van der Waals surface area contributed by atoms with Gasteiger partial charge < -0.3 is 14.3 Å². The van der Waals surface area contributed by atoms with E-state index in [1.165, 1.54) is 0 Å². The summed E-state index contributed by atoms with van der Waals surface area (Å²) in [5, 5.41) is 10.5. The van der Waals surface area contributed by atoms with Gasteiger partial charge in [-0.25, -0.2) is 0 Å². The molecule has 142 valence electrons. The zero-order valence-electron chi connectivity index (χ0n) is 17.0. The van der Waals surface area contributed by atoms with Gasteiger partial charge in [-0.05, 0) is 42.1 Å². The Kier molecular flexibility index (Phi) is 8.55. The Labute approximate surface area is 155 Å². The van der Waals surface area contributed by atoms with E-state index in [4.69, 9.17) is 9.16 Å². The first kappa shape index (κ1) is 22.1. The van der Waals surface area contributed by atoms with Crippen molar-refractivity contribution in [3.63, 3.8) is 0 Å². The van der Waals surface area contributed by atoms with Gasteiger partial charge in [-0.15, -0.1) is 0 Å². The van der Waals surface area contributed by atoms with Crippen LogP contribution in [-0.4, -0.2) is 32.7 Å². The van der Waals surface area contributed by atoms with Gasteiger partial charge in [0.1, 0.15) is 0 Å². The van der Waals surface area contributed by atoms with E-state index in [1.807, 2.05) is 37.3 Å². The van der Waals surface area contributed by atoms with Gasteiger partial charge in [0.05, 0.1) is 19.3 Å². The van der Waals surface area contributed by atoms with Gasteiger partial charge in [0.2, 0.25) is 0 Å². The number of hydrogen-bond donors (Lipinski definition) is 1. The van der Waals surface area contributed by atoms with Crippen LogP contribution < -0.4 is 0 Å². The molecule has 0 amide bonds. The molecule has 0 saturated heterocycles. The maximum absolute atomic E-state index is 10.3. The van der Waals surface area contributed by atoms with E-state index in [2.05, 4.69) is 46.9 Å². The molecule has 2 atom stereocenters. The normalized spacial score (nSPS) is 15.9. The Morgan fingerprint density at radius 2 is 1.76 bits per heavy atom. The molecule has 0 saturated carbocycles. The lowest BCUT2D eigenvalue weighted by atomic mass is 10.1. The van der Waals surface area contributed by atoms with Crippen LogP contribution in [-0.2, 0) is 15.8 Å². The second-order valence-electron chi connectivity index (χ2n) is 8.48. The Hall–Kier alpha value is -0.943. The zero-order chi connectivity index (χ0) is 19.1. The SMILES string of the molecule is C/C(=C\[C@@H](C)CO[Si](C)(C)C(C)(C)C)[C@@H](O)COCc1ccccc1. The van der Waals surface area contributed by atoms with Crippen molar-refractivity contribution in [2.75, 3.05) is 13.2 Å². The molecule has 1 N–H and O–H groups in total. The monoisotopic (exact) mass is 364 g/mol. The summed E-state index contributed by atoms with van der Waals surface area (Å²) in [6, 6.07) is 10.0. The minimum atomic E-state index is -1.72. The van der Waals surface area contributed by atoms with E-state index in [0.717, 1.165) is 11.1 Å². The highest BCUT2D eigenvalue weighted by Gasteiger charge is 2.37. The maximum atomic E-state index is 10.3. The van der Waals surface area contributed by atoms with Gasteiger partial charge in [-0.2, -0.15) is 0 Å². The summed E-state index contributed by atoms with van der Waals surface area (Å²) < 4.78 is 11.9. The molecule has 0 aliphatic heterocycles.